The van der Waals surface area contributed by atoms with Gasteiger partial charge in [0.25, 0.3) is 0 Å². The van der Waals surface area contributed by atoms with Crippen molar-refractivity contribution in [3.8, 4) is 11.3 Å². The maximum absolute atomic E-state index is 13.6. The van der Waals surface area contributed by atoms with Crippen molar-refractivity contribution in [1.82, 2.24) is 14.8 Å². The number of aryl methyl sites for hydroxylation is 3. The minimum absolute atomic E-state index is 0.0942. The molecule has 0 aliphatic carbocycles. The summed E-state index contributed by atoms with van der Waals surface area (Å²) in [5, 5.41) is 13.7. The highest BCUT2D eigenvalue weighted by atomic mass is 32.2. The van der Waals surface area contributed by atoms with Crippen LogP contribution in [0.1, 0.15) is 28.4 Å². The molecule has 2 heterocycles. The van der Waals surface area contributed by atoms with Crippen LogP contribution in [0, 0.1) is 13.8 Å². The van der Waals surface area contributed by atoms with Crippen LogP contribution in [0.2, 0.25) is 0 Å². The predicted molar refractivity (Wildman–Crippen MR) is 147 cm³/mol. The molecule has 0 atom stereocenters. The van der Waals surface area contributed by atoms with Crippen molar-refractivity contribution in [1.29, 1.82) is 0 Å². The fourth-order valence-corrected chi connectivity index (χ4v) is 6.08. The number of benzene rings is 3. The highest BCUT2D eigenvalue weighted by molar-refractivity contribution is 8.01. The standard InChI is InChI=1S/C28H26N4OS2/c1-4-32-22-16-9-8-15-21(22)24(26(32)20-13-6-5-7-14-20)23(33)17-34-28-31-30-27(35-28)29-25-18(2)11-10-12-19(25)3/h5-16H,4,17H2,1-3H3,(H,29,30). The number of ketones is 1. The molecular weight excluding hydrogens is 472 g/mol. The molecule has 176 valence electrons. The van der Waals surface area contributed by atoms with Crippen LogP contribution in [0.15, 0.2) is 77.1 Å². The monoisotopic (exact) mass is 498 g/mol. The molecule has 0 amide bonds. The summed E-state index contributed by atoms with van der Waals surface area (Å²) in [7, 11) is 0. The zero-order chi connectivity index (χ0) is 24.4. The largest absolute Gasteiger partial charge is 0.340 e. The third-order valence-corrected chi connectivity index (χ3v) is 8.03. The Hall–Kier alpha value is -3.42. The average molecular weight is 499 g/mol. The summed E-state index contributed by atoms with van der Waals surface area (Å²) in [6.45, 7) is 7.05. The van der Waals surface area contributed by atoms with E-state index in [9.17, 15) is 4.79 Å². The second-order valence-corrected chi connectivity index (χ2v) is 10.5. The first-order chi connectivity index (χ1) is 17.1. The van der Waals surface area contributed by atoms with E-state index in [1.165, 1.54) is 23.1 Å². The van der Waals surface area contributed by atoms with Gasteiger partial charge in [-0.05, 0) is 43.5 Å². The van der Waals surface area contributed by atoms with Crippen LogP contribution in [0.4, 0.5) is 10.8 Å². The number of thioether (sulfide) groups is 1. The van der Waals surface area contributed by atoms with Gasteiger partial charge in [-0.1, -0.05) is 89.8 Å². The van der Waals surface area contributed by atoms with Crippen molar-refractivity contribution in [2.24, 2.45) is 0 Å². The number of carbonyl (C=O) groups is 1. The third-order valence-electron chi connectivity index (χ3n) is 6.06. The van der Waals surface area contributed by atoms with E-state index < -0.39 is 0 Å². The highest BCUT2D eigenvalue weighted by Gasteiger charge is 2.23. The normalized spacial score (nSPS) is 11.2. The Morgan fingerprint density at radius 1 is 0.943 bits per heavy atom. The minimum Gasteiger partial charge on any atom is -0.340 e. The number of nitrogens with zero attached hydrogens (tertiary/aromatic N) is 3. The fraction of sp³-hybridized carbons (Fsp3) is 0.179. The maximum atomic E-state index is 13.6. The van der Waals surface area contributed by atoms with Crippen molar-refractivity contribution in [2.75, 3.05) is 11.1 Å². The van der Waals surface area contributed by atoms with E-state index in [1.807, 2.05) is 42.5 Å². The number of hydrogen-bond donors (Lipinski definition) is 1. The quantitative estimate of drug-likeness (QED) is 0.177. The number of anilines is 2. The smallest absolute Gasteiger partial charge is 0.210 e. The molecule has 0 fully saturated rings. The molecule has 1 N–H and O–H groups in total. The molecule has 0 saturated heterocycles. The van der Waals surface area contributed by atoms with Crippen LogP contribution in [-0.4, -0.2) is 26.3 Å². The van der Waals surface area contributed by atoms with Gasteiger partial charge in [0.15, 0.2) is 10.1 Å². The number of hydrogen-bond acceptors (Lipinski definition) is 6. The Labute approximate surface area is 213 Å². The van der Waals surface area contributed by atoms with E-state index >= 15 is 0 Å². The van der Waals surface area contributed by atoms with E-state index in [0.29, 0.717) is 5.75 Å². The summed E-state index contributed by atoms with van der Waals surface area (Å²) < 4.78 is 3.01. The Balaban J connectivity index is 1.41. The Bertz CT molecular complexity index is 1480. The summed E-state index contributed by atoms with van der Waals surface area (Å²) in [6.07, 6.45) is 0. The Morgan fingerprint density at radius 3 is 2.40 bits per heavy atom. The highest BCUT2D eigenvalue weighted by Crippen LogP contribution is 2.36. The van der Waals surface area contributed by atoms with Gasteiger partial charge in [-0.3, -0.25) is 4.79 Å². The lowest BCUT2D eigenvalue weighted by Crippen LogP contribution is -2.06. The molecule has 0 bridgehead atoms. The number of fused-ring (bicyclic) bond motifs is 1. The molecule has 5 nitrogen and oxygen atoms in total. The number of nitrogens with one attached hydrogen (secondary N) is 1. The summed E-state index contributed by atoms with van der Waals surface area (Å²) in [5.41, 5.74) is 7.26. The second-order valence-electron chi connectivity index (χ2n) is 8.33. The molecule has 3 aromatic carbocycles. The predicted octanol–water partition coefficient (Wildman–Crippen LogP) is 7.52. The van der Waals surface area contributed by atoms with Gasteiger partial charge in [0, 0.05) is 23.1 Å². The van der Waals surface area contributed by atoms with Crippen molar-refractivity contribution in [3.05, 3.63) is 89.5 Å². The van der Waals surface area contributed by atoms with E-state index in [4.69, 9.17) is 0 Å². The van der Waals surface area contributed by atoms with Gasteiger partial charge in [0.2, 0.25) is 5.13 Å². The van der Waals surface area contributed by atoms with Crippen LogP contribution in [0.25, 0.3) is 22.2 Å². The Morgan fingerprint density at radius 2 is 1.66 bits per heavy atom. The number of Topliss-reactive ketones (excluding diaryl/α,β-unsaturated/α-hetero) is 1. The average Bonchev–Trinajstić information content (AvgIpc) is 3.47. The lowest BCUT2D eigenvalue weighted by molar-refractivity contribution is 0.102. The number of rotatable bonds is 8. The van der Waals surface area contributed by atoms with Crippen molar-refractivity contribution in [3.63, 3.8) is 0 Å². The Kier molecular flexibility index (Phi) is 6.70. The number of carbonyl (C=O) groups excluding carboxylic acids is 1. The van der Waals surface area contributed by atoms with Crippen molar-refractivity contribution >= 4 is 50.6 Å². The van der Waals surface area contributed by atoms with Crippen LogP contribution in [0.3, 0.4) is 0 Å². The van der Waals surface area contributed by atoms with Crippen LogP contribution in [0.5, 0.6) is 0 Å². The minimum atomic E-state index is 0.0942. The lowest BCUT2D eigenvalue weighted by atomic mass is 10.0. The molecule has 5 aromatic rings. The van der Waals surface area contributed by atoms with Gasteiger partial charge in [-0.2, -0.15) is 0 Å². The molecule has 0 spiro atoms. The first-order valence-corrected chi connectivity index (χ1v) is 13.4. The van der Waals surface area contributed by atoms with E-state index in [-0.39, 0.29) is 5.78 Å². The van der Waals surface area contributed by atoms with E-state index in [0.717, 1.165) is 60.6 Å². The molecule has 0 unspecified atom stereocenters. The molecule has 0 radical (unpaired) electrons. The van der Waals surface area contributed by atoms with Gasteiger partial charge < -0.3 is 9.88 Å². The third kappa shape index (κ3) is 4.61. The first-order valence-electron chi connectivity index (χ1n) is 11.6. The summed E-state index contributed by atoms with van der Waals surface area (Å²) in [4.78, 5) is 13.6. The van der Waals surface area contributed by atoms with Crippen LogP contribution >= 0.6 is 23.1 Å². The van der Waals surface area contributed by atoms with Gasteiger partial charge in [-0.25, -0.2) is 0 Å². The van der Waals surface area contributed by atoms with Gasteiger partial charge in [0.05, 0.1) is 17.0 Å². The van der Waals surface area contributed by atoms with Crippen molar-refractivity contribution in [2.45, 2.75) is 31.7 Å². The van der Waals surface area contributed by atoms with Crippen LogP contribution in [-0.2, 0) is 6.54 Å². The molecular formula is C28H26N4OS2. The number of aromatic nitrogens is 3. The van der Waals surface area contributed by atoms with Gasteiger partial charge in [0.1, 0.15) is 0 Å². The van der Waals surface area contributed by atoms with Gasteiger partial charge >= 0.3 is 0 Å². The zero-order valence-electron chi connectivity index (χ0n) is 19.9. The molecule has 7 heteroatoms. The fourth-order valence-electron chi connectivity index (χ4n) is 4.45. The topological polar surface area (TPSA) is 59.8 Å². The first kappa shape index (κ1) is 23.3. The van der Waals surface area contributed by atoms with E-state index in [1.54, 1.807) is 0 Å². The molecule has 35 heavy (non-hydrogen) atoms. The second kappa shape index (κ2) is 10.1. The maximum Gasteiger partial charge on any atom is 0.210 e. The summed E-state index contributed by atoms with van der Waals surface area (Å²) >= 11 is 2.91. The molecule has 5 rings (SSSR count). The summed E-state index contributed by atoms with van der Waals surface area (Å²) in [6, 6.07) is 24.5. The SMILES string of the molecule is CCn1c(-c2ccccc2)c(C(=O)CSc2nnc(Nc3c(C)cccc3C)s2)c2ccccc21. The van der Waals surface area contributed by atoms with Crippen LogP contribution < -0.4 is 5.32 Å². The van der Waals surface area contributed by atoms with E-state index in [2.05, 4.69) is 71.2 Å². The number of para-hydroxylation sites is 2. The summed E-state index contributed by atoms with van der Waals surface area (Å²) in [5.74, 6) is 0.395. The molecule has 0 saturated carbocycles. The molecule has 2 aromatic heterocycles. The lowest BCUT2D eigenvalue weighted by Gasteiger charge is -2.10. The van der Waals surface area contributed by atoms with Crippen molar-refractivity contribution < 1.29 is 4.79 Å². The molecule has 0 aliphatic rings. The zero-order valence-corrected chi connectivity index (χ0v) is 21.5. The van der Waals surface area contributed by atoms with Gasteiger partial charge in [-0.15, -0.1) is 10.2 Å². The molecule has 0 aliphatic heterocycles.